The first-order chi connectivity index (χ1) is 15.0. The van der Waals surface area contributed by atoms with Crippen LogP contribution in [0.25, 0.3) is 10.7 Å². The van der Waals surface area contributed by atoms with Crippen LogP contribution in [-0.2, 0) is 20.9 Å². The fraction of sp³-hybridized carbons (Fsp3) is 0.250. The number of benzene rings is 1. The predicted molar refractivity (Wildman–Crippen MR) is 118 cm³/mol. The van der Waals surface area contributed by atoms with Crippen LogP contribution in [0, 0.1) is 0 Å². The van der Waals surface area contributed by atoms with Crippen molar-refractivity contribution in [2.75, 3.05) is 12.8 Å². The zero-order valence-corrected chi connectivity index (χ0v) is 18.5. The van der Waals surface area contributed by atoms with Crippen molar-refractivity contribution in [1.29, 1.82) is 0 Å². The van der Waals surface area contributed by atoms with Crippen molar-refractivity contribution in [3.63, 3.8) is 0 Å². The third kappa shape index (κ3) is 5.70. The highest BCUT2D eigenvalue weighted by atomic mass is 32.2. The monoisotopic (exact) mass is 459 g/mol. The molecule has 0 spiro atoms. The minimum atomic E-state index is -1.25. The molecule has 2 N–H and O–H groups in total. The Morgan fingerprint density at radius 2 is 1.94 bits per heavy atom. The van der Waals surface area contributed by atoms with E-state index in [4.69, 9.17) is 4.74 Å². The minimum Gasteiger partial charge on any atom is -0.447 e. The highest BCUT2D eigenvalue weighted by Gasteiger charge is 2.26. The maximum atomic E-state index is 12.5. The van der Waals surface area contributed by atoms with E-state index in [0.717, 1.165) is 10.7 Å². The maximum Gasteiger partial charge on any atom is 0.321 e. The zero-order valence-electron chi connectivity index (χ0n) is 16.9. The van der Waals surface area contributed by atoms with Crippen molar-refractivity contribution in [3.8, 4) is 10.7 Å². The maximum absolute atomic E-state index is 12.5. The molecule has 0 bridgehead atoms. The summed E-state index contributed by atoms with van der Waals surface area (Å²) in [7, 11) is 1.39. The molecule has 2 heterocycles. The molecule has 0 saturated heterocycles. The van der Waals surface area contributed by atoms with Crippen LogP contribution in [0.15, 0.2) is 53.0 Å². The van der Waals surface area contributed by atoms with Gasteiger partial charge in [0.15, 0.2) is 11.0 Å². The number of ether oxygens (including phenoxy) is 1. The number of carbonyl (C=O) groups excluding carboxylic acids is 3. The molecule has 0 radical (unpaired) electrons. The van der Waals surface area contributed by atoms with Gasteiger partial charge in [0, 0.05) is 19.2 Å². The Balaban J connectivity index is 1.69. The first-order valence-corrected chi connectivity index (χ1v) is 11.3. The van der Waals surface area contributed by atoms with Crippen molar-refractivity contribution < 1.29 is 19.1 Å². The average molecular weight is 460 g/mol. The van der Waals surface area contributed by atoms with Gasteiger partial charge in [-0.3, -0.25) is 14.9 Å². The van der Waals surface area contributed by atoms with Crippen LogP contribution >= 0.6 is 23.1 Å². The normalized spacial score (nSPS) is 11.5. The van der Waals surface area contributed by atoms with Crippen LogP contribution < -0.4 is 10.6 Å². The Hall–Kier alpha value is -3.18. The lowest BCUT2D eigenvalue weighted by Crippen LogP contribution is -2.41. The molecule has 2 aromatic heterocycles. The molecule has 31 heavy (non-hydrogen) atoms. The molecule has 0 aliphatic rings. The van der Waals surface area contributed by atoms with Gasteiger partial charge < -0.3 is 14.6 Å². The summed E-state index contributed by atoms with van der Waals surface area (Å²) in [5.41, 5.74) is 0.457. The quantitative estimate of drug-likeness (QED) is 0.393. The number of esters is 1. The van der Waals surface area contributed by atoms with Gasteiger partial charge in [-0.2, -0.15) is 0 Å². The summed E-state index contributed by atoms with van der Waals surface area (Å²) < 4.78 is 7.32. The average Bonchev–Trinajstić information content (AvgIpc) is 3.45. The number of nitrogens with zero attached hydrogens (tertiary/aromatic N) is 3. The Kier molecular flexibility index (Phi) is 7.79. The Morgan fingerprint density at radius 3 is 2.58 bits per heavy atom. The SMILES string of the molecule is CCn1c(SCC(=O)O[C@@H](C(=O)NC(=O)NC)c2ccccc2)nnc1-c1cccs1. The van der Waals surface area contributed by atoms with Crippen LogP contribution in [0.5, 0.6) is 0 Å². The molecule has 0 aliphatic heterocycles. The molecule has 0 saturated carbocycles. The summed E-state index contributed by atoms with van der Waals surface area (Å²) in [6.07, 6.45) is -1.25. The number of nitrogens with one attached hydrogen (secondary N) is 2. The Bertz CT molecular complexity index is 1040. The van der Waals surface area contributed by atoms with E-state index in [0.29, 0.717) is 17.3 Å². The van der Waals surface area contributed by atoms with Crippen LogP contribution in [0.1, 0.15) is 18.6 Å². The van der Waals surface area contributed by atoms with Gasteiger partial charge in [0.05, 0.1) is 10.6 Å². The van der Waals surface area contributed by atoms with Crippen molar-refractivity contribution in [2.24, 2.45) is 0 Å². The number of hydrogen-bond donors (Lipinski definition) is 2. The van der Waals surface area contributed by atoms with E-state index in [-0.39, 0.29) is 5.75 Å². The third-order valence-electron chi connectivity index (χ3n) is 4.15. The molecule has 0 aliphatic carbocycles. The first kappa shape index (κ1) is 22.5. The third-order valence-corrected chi connectivity index (χ3v) is 5.95. The van der Waals surface area contributed by atoms with Gasteiger partial charge in [0.2, 0.25) is 6.10 Å². The number of urea groups is 1. The van der Waals surface area contributed by atoms with Gasteiger partial charge in [-0.25, -0.2) is 4.79 Å². The number of rotatable bonds is 8. The molecule has 1 atom stereocenters. The predicted octanol–water partition coefficient (Wildman–Crippen LogP) is 2.86. The van der Waals surface area contributed by atoms with Gasteiger partial charge in [-0.15, -0.1) is 21.5 Å². The number of carbonyl (C=O) groups is 3. The molecular formula is C20H21N5O4S2. The first-order valence-electron chi connectivity index (χ1n) is 9.40. The second-order valence-electron chi connectivity index (χ2n) is 6.17. The highest BCUT2D eigenvalue weighted by Crippen LogP contribution is 2.27. The molecule has 3 aromatic rings. The van der Waals surface area contributed by atoms with Gasteiger partial charge in [0.25, 0.3) is 5.91 Å². The summed E-state index contributed by atoms with van der Waals surface area (Å²) in [4.78, 5) is 37.5. The van der Waals surface area contributed by atoms with Crippen LogP contribution in [0.4, 0.5) is 4.79 Å². The van der Waals surface area contributed by atoms with E-state index in [1.54, 1.807) is 41.7 Å². The van der Waals surface area contributed by atoms with E-state index < -0.39 is 24.0 Å². The van der Waals surface area contributed by atoms with Gasteiger partial charge in [-0.05, 0) is 18.4 Å². The lowest BCUT2D eigenvalue weighted by molar-refractivity contribution is -0.153. The molecule has 9 nitrogen and oxygen atoms in total. The summed E-state index contributed by atoms with van der Waals surface area (Å²) >= 11 is 2.73. The summed E-state index contributed by atoms with van der Waals surface area (Å²) in [6, 6.07) is 11.7. The zero-order chi connectivity index (χ0) is 22.2. The summed E-state index contributed by atoms with van der Waals surface area (Å²) in [5, 5.41) is 15.4. The lowest BCUT2D eigenvalue weighted by atomic mass is 10.1. The summed E-state index contributed by atoms with van der Waals surface area (Å²) in [6.45, 7) is 2.61. The van der Waals surface area contributed by atoms with Crippen LogP contribution in [-0.4, -0.2) is 45.5 Å². The standard InChI is InChI=1S/C20H21N5O4S2/c1-3-25-17(14-10-7-11-30-14)23-24-20(25)31-12-15(26)29-16(13-8-5-4-6-9-13)18(27)22-19(28)21-2/h4-11,16H,3,12H2,1-2H3,(H2,21,22,27,28)/t16-/m1/s1. The number of imide groups is 1. The summed E-state index contributed by atoms with van der Waals surface area (Å²) in [5.74, 6) is -0.686. The number of thioether (sulfide) groups is 1. The van der Waals surface area contributed by atoms with E-state index in [1.807, 2.05) is 29.0 Å². The highest BCUT2D eigenvalue weighted by molar-refractivity contribution is 7.99. The fourth-order valence-corrected chi connectivity index (χ4v) is 4.20. The molecule has 0 fully saturated rings. The van der Waals surface area contributed by atoms with Crippen molar-refractivity contribution in [2.45, 2.75) is 24.7 Å². The topological polar surface area (TPSA) is 115 Å². The number of amides is 3. The number of thiophene rings is 1. The smallest absolute Gasteiger partial charge is 0.321 e. The van der Waals surface area contributed by atoms with Crippen molar-refractivity contribution in [1.82, 2.24) is 25.4 Å². The lowest BCUT2D eigenvalue weighted by Gasteiger charge is -2.17. The number of aromatic nitrogens is 3. The van der Waals surface area contributed by atoms with E-state index in [9.17, 15) is 14.4 Å². The second kappa shape index (κ2) is 10.7. The van der Waals surface area contributed by atoms with E-state index >= 15 is 0 Å². The van der Waals surface area contributed by atoms with Crippen LogP contribution in [0.2, 0.25) is 0 Å². The van der Waals surface area contributed by atoms with Crippen molar-refractivity contribution >= 4 is 41.0 Å². The molecule has 3 amide bonds. The largest absolute Gasteiger partial charge is 0.447 e. The van der Waals surface area contributed by atoms with E-state index in [2.05, 4.69) is 20.8 Å². The molecular weight excluding hydrogens is 438 g/mol. The van der Waals surface area contributed by atoms with E-state index in [1.165, 1.54) is 18.8 Å². The van der Waals surface area contributed by atoms with Crippen LogP contribution in [0.3, 0.4) is 0 Å². The minimum absolute atomic E-state index is 0.0703. The molecule has 11 heteroatoms. The van der Waals surface area contributed by atoms with Gasteiger partial charge in [0.1, 0.15) is 0 Å². The fourth-order valence-electron chi connectivity index (χ4n) is 2.70. The Labute approximate surface area is 187 Å². The molecule has 0 unspecified atom stereocenters. The van der Waals surface area contributed by atoms with Crippen molar-refractivity contribution in [3.05, 3.63) is 53.4 Å². The molecule has 1 aromatic carbocycles. The number of hydrogen-bond acceptors (Lipinski definition) is 8. The second-order valence-corrected chi connectivity index (χ2v) is 8.06. The molecule has 3 rings (SSSR count). The molecule has 162 valence electrons. The van der Waals surface area contributed by atoms with Gasteiger partial charge in [-0.1, -0.05) is 48.2 Å². The van der Waals surface area contributed by atoms with Gasteiger partial charge >= 0.3 is 12.0 Å². The Morgan fingerprint density at radius 1 is 1.16 bits per heavy atom.